The summed E-state index contributed by atoms with van der Waals surface area (Å²) >= 11 is 1.44. The topological polar surface area (TPSA) is 63.9 Å². The van der Waals surface area contributed by atoms with Gasteiger partial charge in [0.2, 0.25) is 0 Å². The van der Waals surface area contributed by atoms with Gasteiger partial charge in [-0.15, -0.1) is 0 Å². The first kappa shape index (κ1) is 15.3. The SMILES string of the molecule is CC1CN(C(=O)c2cnc3sc4ccccc4n3c2=O)CC(C)O1. The number of thiazole rings is 1. The zero-order valence-electron chi connectivity index (χ0n) is 13.4. The van der Waals surface area contributed by atoms with Crippen molar-refractivity contribution < 1.29 is 9.53 Å². The second-order valence-corrected chi connectivity index (χ2v) is 7.14. The average Bonchev–Trinajstić information content (AvgIpc) is 2.93. The number of amides is 1. The summed E-state index contributed by atoms with van der Waals surface area (Å²) in [5.41, 5.74) is 0.583. The number of benzene rings is 1. The van der Waals surface area contributed by atoms with Gasteiger partial charge in [0.1, 0.15) is 5.56 Å². The largest absolute Gasteiger partial charge is 0.372 e. The molecule has 24 heavy (non-hydrogen) atoms. The van der Waals surface area contributed by atoms with Crippen LogP contribution in [0.3, 0.4) is 0 Å². The zero-order chi connectivity index (χ0) is 16.8. The fourth-order valence-corrected chi connectivity index (χ4v) is 4.20. The van der Waals surface area contributed by atoms with Crippen LogP contribution in [0.25, 0.3) is 15.2 Å². The van der Waals surface area contributed by atoms with Crippen molar-refractivity contribution in [2.45, 2.75) is 26.1 Å². The summed E-state index contributed by atoms with van der Waals surface area (Å²) in [4.78, 5) is 32.3. The van der Waals surface area contributed by atoms with E-state index >= 15 is 0 Å². The van der Waals surface area contributed by atoms with Gasteiger partial charge < -0.3 is 9.64 Å². The molecule has 7 heteroatoms. The molecule has 1 aliphatic rings. The smallest absolute Gasteiger partial charge is 0.271 e. The van der Waals surface area contributed by atoms with Crippen molar-refractivity contribution in [2.75, 3.05) is 13.1 Å². The molecule has 3 heterocycles. The van der Waals surface area contributed by atoms with Crippen molar-refractivity contribution in [2.24, 2.45) is 0 Å². The molecule has 0 N–H and O–H groups in total. The number of aromatic nitrogens is 2. The van der Waals surface area contributed by atoms with Crippen LogP contribution in [0.1, 0.15) is 24.2 Å². The molecule has 0 saturated carbocycles. The zero-order valence-corrected chi connectivity index (χ0v) is 14.2. The predicted octanol–water partition coefficient (Wildman–Crippen LogP) is 2.16. The first-order valence-electron chi connectivity index (χ1n) is 7.88. The van der Waals surface area contributed by atoms with E-state index in [1.807, 2.05) is 38.1 Å². The van der Waals surface area contributed by atoms with E-state index < -0.39 is 0 Å². The van der Waals surface area contributed by atoms with Gasteiger partial charge >= 0.3 is 0 Å². The number of hydrogen-bond donors (Lipinski definition) is 0. The van der Waals surface area contributed by atoms with Gasteiger partial charge in [0, 0.05) is 19.3 Å². The molecule has 2 unspecified atom stereocenters. The molecule has 2 aromatic heterocycles. The summed E-state index contributed by atoms with van der Waals surface area (Å²) in [6.07, 6.45) is 1.32. The van der Waals surface area contributed by atoms with E-state index in [0.717, 1.165) is 10.2 Å². The van der Waals surface area contributed by atoms with E-state index in [0.29, 0.717) is 18.1 Å². The summed E-state index contributed by atoms with van der Waals surface area (Å²) in [5, 5.41) is 0. The molecular weight excluding hydrogens is 326 g/mol. The molecule has 0 bridgehead atoms. The fourth-order valence-electron chi connectivity index (χ4n) is 3.21. The first-order chi connectivity index (χ1) is 11.5. The maximum absolute atomic E-state index is 12.9. The maximum atomic E-state index is 12.9. The standard InChI is InChI=1S/C17H17N3O3S/c1-10-8-19(9-11(2)23-10)15(21)12-7-18-17-20(16(12)22)13-5-3-4-6-14(13)24-17/h3-7,10-11H,8-9H2,1-2H3. The molecule has 6 nitrogen and oxygen atoms in total. The van der Waals surface area contributed by atoms with Gasteiger partial charge in [-0.05, 0) is 26.0 Å². The highest BCUT2D eigenvalue weighted by Crippen LogP contribution is 2.23. The van der Waals surface area contributed by atoms with Crippen LogP contribution in [0.2, 0.25) is 0 Å². The Hall–Kier alpha value is -2.25. The molecule has 0 aliphatic carbocycles. The lowest BCUT2D eigenvalue weighted by Gasteiger charge is -2.35. The summed E-state index contributed by atoms with van der Waals surface area (Å²) < 4.78 is 8.16. The van der Waals surface area contributed by atoms with Crippen LogP contribution in [0, 0.1) is 0 Å². The Labute approximate surface area is 142 Å². The average molecular weight is 343 g/mol. The van der Waals surface area contributed by atoms with Crippen LogP contribution in [-0.2, 0) is 4.74 Å². The van der Waals surface area contributed by atoms with Crippen LogP contribution in [-0.4, -0.2) is 45.5 Å². The number of nitrogens with zero attached hydrogens (tertiary/aromatic N) is 3. The van der Waals surface area contributed by atoms with Crippen molar-refractivity contribution in [3.8, 4) is 0 Å². The van der Waals surface area contributed by atoms with Gasteiger partial charge in [-0.25, -0.2) is 4.98 Å². The van der Waals surface area contributed by atoms with Crippen molar-refractivity contribution in [1.82, 2.24) is 14.3 Å². The number of rotatable bonds is 1. The second kappa shape index (κ2) is 5.68. The number of hydrogen-bond acceptors (Lipinski definition) is 5. The Morgan fingerprint density at radius 3 is 2.71 bits per heavy atom. The minimum absolute atomic E-state index is 0.0425. The normalized spacial score (nSPS) is 21.5. The molecule has 1 fully saturated rings. The molecule has 4 rings (SSSR count). The molecule has 0 radical (unpaired) electrons. The van der Waals surface area contributed by atoms with Gasteiger partial charge in [-0.1, -0.05) is 23.5 Å². The molecule has 1 aromatic carbocycles. The Balaban J connectivity index is 1.82. The van der Waals surface area contributed by atoms with E-state index in [9.17, 15) is 9.59 Å². The number of morpholine rings is 1. The number of carbonyl (C=O) groups is 1. The first-order valence-corrected chi connectivity index (χ1v) is 8.70. The lowest BCUT2D eigenvalue weighted by molar-refractivity contribution is -0.0586. The lowest BCUT2D eigenvalue weighted by atomic mass is 10.2. The Morgan fingerprint density at radius 1 is 1.25 bits per heavy atom. The van der Waals surface area contributed by atoms with Crippen LogP contribution in [0.5, 0.6) is 0 Å². The monoisotopic (exact) mass is 343 g/mol. The van der Waals surface area contributed by atoms with Crippen LogP contribution in [0.15, 0.2) is 35.3 Å². The molecule has 3 aromatic rings. The number of para-hydroxylation sites is 1. The number of fused-ring (bicyclic) bond motifs is 3. The number of ether oxygens (including phenoxy) is 1. The molecule has 1 aliphatic heterocycles. The quantitative estimate of drug-likeness (QED) is 0.679. The highest BCUT2D eigenvalue weighted by Gasteiger charge is 2.28. The van der Waals surface area contributed by atoms with E-state index in [4.69, 9.17) is 4.74 Å². The number of carbonyl (C=O) groups excluding carboxylic acids is 1. The molecular formula is C17H17N3O3S. The van der Waals surface area contributed by atoms with Gasteiger partial charge in [0.25, 0.3) is 11.5 Å². The minimum Gasteiger partial charge on any atom is -0.372 e. The van der Waals surface area contributed by atoms with Crippen LogP contribution < -0.4 is 5.56 Å². The van der Waals surface area contributed by atoms with Crippen molar-refractivity contribution in [3.05, 3.63) is 46.4 Å². The summed E-state index contributed by atoms with van der Waals surface area (Å²) in [6.45, 7) is 4.82. The van der Waals surface area contributed by atoms with E-state index in [1.54, 1.807) is 4.90 Å². The van der Waals surface area contributed by atoms with E-state index in [-0.39, 0.29) is 29.2 Å². The van der Waals surface area contributed by atoms with E-state index in [1.165, 1.54) is 21.9 Å². The molecule has 124 valence electrons. The molecule has 1 amide bonds. The summed E-state index contributed by atoms with van der Waals surface area (Å²) in [5.74, 6) is -0.279. The Morgan fingerprint density at radius 2 is 1.96 bits per heavy atom. The van der Waals surface area contributed by atoms with Crippen LogP contribution in [0.4, 0.5) is 0 Å². The van der Waals surface area contributed by atoms with E-state index in [2.05, 4.69) is 4.98 Å². The van der Waals surface area contributed by atoms with Gasteiger partial charge in [-0.3, -0.25) is 14.0 Å². The fraction of sp³-hybridized carbons (Fsp3) is 0.353. The van der Waals surface area contributed by atoms with Gasteiger partial charge in [-0.2, -0.15) is 0 Å². The van der Waals surface area contributed by atoms with Crippen molar-refractivity contribution >= 4 is 32.4 Å². The summed E-state index contributed by atoms with van der Waals surface area (Å²) in [7, 11) is 0. The van der Waals surface area contributed by atoms with Crippen LogP contribution >= 0.6 is 11.3 Å². The third kappa shape index (κ3) is 2.40. The Kier molecular flexibility index (Phi) is 3.62. The lowest BCUT2D eigenvalue weighted by Crippen LogP contribution is -2.49. The van der Waals surface area contributed by atoms with Crippen molar-refractivity contribution in [3.63, 3.8) is 0 Å². The molecule has 1 saturated heterocycles. The highest BCUT2D eigenvalue weighted by atomic mass is 32.1. The molecule has 2 atom stereocenters. The third-order valence-electron chi connectivity index (χ3n) is 4.17. The second-order valence-electron chi connectivity index (χ2n) is 6.13. The highest BCUT2D eigenvalue weighted by molar-refractivity contribution is 7.23. The van der Waals surface area contributed by atoms with Gasteiger partial charge in [0.05, 0.1) is 22.4 Å². The predicted molar refractivity (Wildman–Crippen MR) is 92.8 cm³/mol. The minimum atomic E-state index is -0.311. The molecule has 0 spiro atoms. The maximum Gasteiger partial charge on any atom is 0.271 e. The van der Waals surface area contributed by atoms with Gasteiger partial charge in [0.15, 0.2) is 4.96 Å². The summed E-state index contributed by atoms with van der Waals surface area (Å²) in [6, 6.07) is 7.61. The third-order valence-corrected chi connectivity index (χ3v) is 5.21. The Bertz CT molecular complexity index is 984. The van der Waals surface area contributed by atoms with Crippen molar-refractivity contribution in [1.29, 1.82) is 0 Å².